The monoisotopic (exact) mass is 470 g/mol. The van der Waals surface area contributed by atoms with Gasteiger partial charge >= 0.3 is 5.97 Å². The minimum Gasteiger partial charge on any atom is -0.506 e. The van der Waals surface area contributed by atoms with Gasteiger partial charge in [0.25, 0.3) is 0 Å². The Balaban J connectivity index is 2.42. The first-order valence-corrected chi connectivity index (χ1v) is 10.6. The molecule has 8 heteroatoms. The molecule has 0 atom stereocenters. The second-order valence-corrected chi connectivity index (χ2v) is 8.18. The van der Waals surface area contributed by atoms with E-state index in [-0.39, 0.29) is 49.2 Å². The van der Waals surface area contributed by atoms with Crippen LogP contribution in [0.2, 0.25) is 15.1 Å². The molecule has 0 saturated heterocycles. The summed E-state index contributed by atoms with van der Waals surface area (Å²) in [7, 11) is 0. The van der Waals surface area contributed by atoms with Gasteiger partial charge < -0.3 is 19.7 Å². The van der Waals surface area contributed by atoms with Crippen LogP contribution in [0, 0.1) is 6.92 Å². The van der Waals surface area contributed by atoms with Crippen LogP contribution in [0.4, 0.5) is 0 Å². The average molecular weight is 472 g/mol. The number of benzene rings is 2. The second-order valence-electron chi connectivity index (χ2n) is 7.05. The van der Waals surface area contributed by atoms with E-state index in [9.17, 15) is 15.0 Å². The van der Waals surface area contributed by atoms with Crippen LogP contribution in [0.3, 0.4) is 0 Å². The van der Waals surface area contributed by atoms with Gasteiger partial charge in [-0.3, -0.25) is 0 Å². The van der Waals surface area contributed by atoms with Crippen LogP contribution in [-0.2, 0) is 6.42 Å². The maximum atomic E-state index is 13.0. The molecule has 0 unspecified atom stereocenters. The van der Waals surface area contributed by atoms with Crippen molar-refractivity contribution in [2.45, 2.75) is 47.0 Å². The van der Waals surface area contributed by atoms with Crippen LogP contribution in [-0.4, -0.2) is 16.2 Å². The van der Waals surface area contributed by atoms with E-state index in [2.05, 4.69) is 0 Å². The molecule has 0 spiro atoms. The van der Waals surface area contributed by atoms with Gasteiger partial charge in [0.1, 0.15) is 16.3 Å². The molecule has 1 aliphatic heterocycles. The van der Waals surface area contributed by atoms with Gasteiger partial charge in [0.2, 0.25) is 0 Å². The zero-order valence-corrected chi connectivity index (χ0v) is 19.2. The third-order valence-electron chi connectivity index (χ3n) is 5.18. The summed E-state index contributed by atoms with van der Waals surface area (Å²) in [5, 5.41) is 20.9. The summed E-state index contributed by atoms with van der Waals surface area (Å²) in [6.45, 7) is 7.15. The van der Waals surface area contributed by atoms with E-state index >= 15 is 0 Å². The maximum absolute atomic E-state index is 13.0. The highest BCUT2D eigenvalue weighted by Gasteiger charge is 2.36. The van der Waals surface area contributed by atoms with Crippen molar-refractivity contribution in [1.82, 2.24) is 0 Å². The Kier molecular flexibility index (Phi) is 6.46. The van der Waals surface area contributed by atoms with E-state index in [1.54, 1.807) is 26.8 Å². The Labute approximate surface area is 189 Å². The average Bonchev–Trinajstić information content (AvgIpc) is 2.87. The lowest BCUT2D eigenvalue weighted by molar-refractivity contribution is 0.0735. The van der Waals surface area contributed by atoms with Crippen molar-refractivity contribution in [2.75, 3.05) is 0 Å². The molecular formula is C22H21Cl3O5. The third kappa shape index (κ3) is 3.49. The van der Waals surface area contributed by atoms with Crippen molar-refractivity contribution in [3.63, 3.8) is 0 Å². The number of phenolic OH excluding ortho intramolecular Hbond substituents is 2. The predicted molar refractivity (Wildman–Crippen MR) is 119 cm³/mol. The fraction of sp³-hybridized carbons (Fsp3) is 0.318. The number of esters is 1. The molecular weight excluding hydrogens is 451 g/mol. The molecule has 0 bridgehead atoms. The van der Waals surface area contributed by atoms with E-state index in [1.165, 1.54) is 0 Å². The highest BCUT2D eigenvalue weighted by molar-refractivity contribution is 6.39. The first-order chi connectivity index (χ1) is 14.1. The molecule has 5 nitrogen and oxygen atoms in total. The Morgan fingerprint density at radius 3 is 2.27 bits per heavy atom. The molecule has 0 aliphatic carbocycles. The van der Waals surface area contributed by atoms with Gasteiger partial charge in [-0.25, -0.2) is 4.79 Å². The number of aromatic hydroxyl groups is 2. The zero-order valence-electron chi connectivity index (χ0n) is 17.0. The fourth-order valence-electron chi connectivity index (χ4n) is 3.35. The summed E-state index contributed by atoms with van der Waals surface area (Å²) in [4.78, 5) is 13.0. The molecule has 0 saturated carbocycles. The number of fused-ring (bicyclic) bond motifs is 2. The number of ether oxygens (including phenoxy) is 2. The molecule has 3 rings (SSSR count). The summed E-state index contributed by atoms with van der Waals surface area (Å²) < 4.78 is 11.8. The lowest BCUT2D eigenvalue weighted by Gasteiger charge is -2.20. The number of allylic oxidation sites excluding steroid dienone is 2. The second kappa shape index (κ2) is 8.58. The molecule has 0 radical (unpaired) electrons. The van der Waals surface area contributed by atoms with Crippen LogP contribution in [0.15, 0.2) is 6.08 Å². The molecule has 1 aliphatic rings. The van der Waals surface area contributed by atoms with Crippen LogP contribution >= 0.6 is 34.8 Å². The Morgan fingerprint density at radius 1 is 1.00 bits per heavy atom. The Bertz CT molecular complexity index is 1090. The first kappa shape index (κ1) is 22.6. The molecule has 30 heavy (non-hydrogen) atoms. The number of rotatable bonds is 4. The normalized spacial score (nSPS) is 13.3. The van der Waals surface area contributed by atoms with Gasteiger partial charge in [-0.2, -0.15) is 0 Å². The van der Waals surface area contributed by atoms with Gasteiger partial charge in [0, 0.05) is 11.1 Å². The number of halogens is 3. The van der Waals surface area contributed by atoms with Crippen molar-refractivity contribution in [1.29, 1.82) is 0 Å². The smallest absolute Gasteiger partial charge is 0.347 e. The number of hydrogen-bond acceptors (Lipinski definition) is 5. The van der Waals surface area contributed by atoms with E-state index in [0.717, 1.165) is 12.8 Å². The SMILES string of the molecule is C/C=C(/C)c1c(Cl)c(O)c(CCCC)c2c1Oc1c(Cl)c(O)c(Cl)c(C)c1C(=O)O2. The highest BCUT2D eigenvalue weighted by Crippen LogP contribution is 2.55. The lowest BCUT2D eigenvalue weighted by Crippen LogP contribution is -2.11. The molecule has 0 fully saturated rings. The zero-order chi connectivity index (χ0) is 22.3. The Hall–Kier alpha value is -2.08. The topological polar surface area (TPSA) is 76.0 Å². The van der Waals surface area contributed by atoms with Crippen molar-refractivity contribution in [2.24, 2.45) is 0 Å². The first-order valence-electron chi connectivity index (χ1n) is 9.46. The van der Waals surface area contributed by atoms with Gasteiger partial charge in [0.15, 0.2) is 23.0 Å². The van der Waals surface area contributed by atoms with E-state index in [4.69, 9.17) is 44.3 Å². The van der Waals surface area contributed by atoms with Crippen molar-refractivity contribution >= 4 is 46.3 Å². The summed E-state index contributed by atoms with van der Waals surface area (Å²) >= 11 is 18.9. The summed E-state index contributed by atoms with van der Waals surface area (Å²) in [6.07, 6.45) is 3.79. The minimum atomic E-state index is -0.756. The van der Waals surface area contributed by atoms with Crippen molar-refractivity contribution < 1.29 is 24.5 Å². The molecule has 2 N–H and O–H groups in total. The summed E-state index contributed by atoms with van der Waals surface area (Å²) in [5.74, 6) is -1.16. The van der Waals surface area contributed by atoms with Crippen LogP contribution < -0.4 is 9.47 Å². The van der Waals surface area contributed by atoms with E-state index in [1.807, 2.05) is 6.92 Å². The number of carbonyl (C=O) groups is 1. The van der Waals surface area contributed by atoms with Crippen LogP contribution in [0.25, 0.3) is 5.57 Å². The van der Waals surface area contributed by atoms with Gasteiger partial charge in [-0.05, 0) is 44.7 Å². The third-order valence-corrected chi connectivity index (χ3v) is 6.36. The molecule has 2 aromatic rings. The standard InChI is InChI=1S/C22H21Cl3O5/c1-5-7-8-11-17(26)15(24)12(9(3)6-2)21-19(11)30-22(28)13-10(4)14(23)18(27)16(25)20(13)29-21/h6,26-27H,5,7-8H2,1-4H3/b9-6-. The van der Waals surface area contributed by atoms with Gasteiger partial charge in [0.05, 0.1) is 10.0 Å². The van der Waals surface area contributed by atoms with Crippen LogP contribution in [0.1, 0.15) is 60.7 Å². The molecule has 0 aromatic heterocycles. The van der Waals surface area contributed by atoms with Crippen molar-refractivity contribution in [3.05, 3.63) is 43.4 Å². The number of hydrogen-bond donors (Lipinski definition) is 2. The van der Waals surface area contributed by atoms with E-state index in [0.29, 0.717) is 23.1 Å². The quantitative estimate of drug-likeness (QED) is 0.357. The Morgan fingerprint density at radius 2 is 1.67 bits per heavy atom. The lowest BCUT2D eigenvalue weighted by atomic mass is 9.98. The highest BCUT2D eigenvalue weighted by atomic mass is 35.5. The van der Waals surface area contributed by atoms with Gasteiger partial charge in [-0.1, -0.05) is 54.2 Å². The molecule has 160 valence electrons. The predicted octanol–water partition coefficient (Wildman–Crippen LogP) is 7.46. The largest absolute Gasteiger partial charge is 0.506 e. The summed E-state index contributed by atoms with van der Waals surface area (Å²) in [6, 6.07) is 0. The van der Waals surface area contributed by atoms with E-state index < -0.39 is 11.7 Å². The fourth-order valence-corrected chi connectivity index (χ4v) is 4.17. The maximum Gasteiger partial charge on any atom is 0.347 e. The number of carbonyl (C=O) groups excluding carboxylic acids is 1. The molecule has 2 aromatic carbocycles. The molecule has 1 heterocycles. The number of phenols is 2. The summed E-state index contributed by atoms with van der Waals surface area (Å²) in [5.41, 5.74) is 1.70. The molecule has 0 amide bonds. The van der Waals surface area contributed by atoms with Crippen LogP contribution in [0.5, 0.6) is 28.7 Å². The number of unbranched alkanes of at least 4 members (excludes halogenated alkanes) is 1. The minimum absolute atomic E-state index is 0.000125. The van der Waals surface area contributed by atoms with Gasteiger partial charge in [-0.15, -0.1) is 0 Å². The van der Waals surface area contributed by atoms with Crippen molar-refractivity contribution in [3.8, 4) is 28.7 Å².